The molecule has 1 aromatic heterocycles. The molecule has 3 aliphatic rings. The third-order valence-corrected chi connectivity index (χ3v) is 12.0. The first-order chi connectivity index (χ1) is 29.0. The molecule has 4 rings (SSSR count). The molecule has 28 heteroatoms. The number of rotatable bonds is 30. The van der Waals surface area contributed by atoms with Gasteiger partial charge in [-0.25, -0.2) is 18.7 Å². The van der Waals surface area contributed by atoms with Gasteiger partial charge in [0.15, 0.2) is 6.23 Å². The second-order valence-electron chi connectivity index (χ2n) is 14.1. The van der Waals surface area contributed by atoms with E-state index in [4.69, 9.17) is 39.2 Å². The molecule has 7 atom stereocenters. The van der Waals surface area contributed by atoms with Crippen molar-refractivity contribution in [2.75, 3.05) is 84.0 Å². The lowest BCUT2D eigenvalue weighted by atomic mass is 10.0. The quantitative estimate of drug-likeness (QED) is 0.0227. The van der Waals surface area contributed by atoms with Crippen LogP contribution in [0.15, 0.2) is 11.0 Å². The van der Waals surface area contributed by atoms with Crippen LogP contribution in [-0.4, -0.2) is 166 Å². The van der Waals surface area contributed by atoms with Crippen LogP contribution >= 0.6 is 27.4 Å². The first-order valence-corrected chi connectivity index (χ1v) is 23.8. The lowest BCUT2D eigenvalue weighted by Crippen LogP contribution is -2.38. The lowest BCUT2D eigenvalue weighted by Gasteiger charge is -2.21. The molecular weight excluding hydrogens is 876 g/mol. The van der Waals surface area contributed by atoms with Crippen LogP contribution in [0.5, 0.6) is 0 Å². The number of nitrogens with zero attached hydrogens (tertiary/aromatic N) is 2. The van der Waals surface area contributed by atoms with Gasteiger partial charge in [0, 0.05) is 48.7 Å². The number of aryl methyl sites for hydroxylation is 1. The Morgan fingerprint density at radius 2 is 1.52 bits per heavy atom. The second kappa shape index (κ2) is 25.5. The molecule has 11 N–H and O–H groups in total. The zero-order chi connectivity index (χ0) is 44.4. The maximum Gasteiger partial charge on any atom is 0.470 e. The number of phosphoric acid groups is 2. The van der Waals surface area contributed by atoms with Gasteiger partial charge in [-0.05, 0) is 25.7 Å². The lowest BCUT2D eigenvalue weighted by molar-refractivity contribution is -0.122. The molecule has 4 heterocycles. The van der Waals surface area contributed by atoms with E-state index in [0.717, 1.165) is 29.6 Å². The summed E-state index contributed by atoms with van der Waals surface area (Å²) in [5.41, 5.74) is 5.21. The van der Waals surface area contributed by atoms with Gasteiger partial charge in [-0.3, -0.25) is 23.2 Å². The van der Waals surface area contributed by atoms with E-state index in [1.165, 1.54) is 6.20 Å². The molecule has 1 unspecified atom stereocenters. The Kier molecular flexibility index (Phi) is 21.3. The van der Waals surface area contributed by atoms with E-state index in [2.05, 4.69) is 35.3 Å². The van der Waals surface area contributed by atoms with Crippen molar-refractivity contribution < 1.29 is 80.9 Å². The Balaban J connectivity index is 0.960. The molecule has 61 heavy (non-hydrogen) atoms. The van der Waals surface area contributed by atoms with Crippen molar-refractivity contribution in [2.24, 2.45) is 0 Å². The number of unbranched alkanes of at least 4 members (excludes halogenated alkanes) is 1. The summed E-state index contributed by atoms with van der Waals surface area (Å²) < 4.78 is 59.7. The molecule has 0 bridgehead atoms. The maximum absolute atomic E-state index is 12.6. The van der Waals surface area contributed by atoms with Crippen molar-refractivity contribution in [1.82, 2.24) is 30.8 Å². The van der Waals surface area contributed by atoms with Gasteiger partial charge in [0.25, 0.3) is 0 Å². The molecule has 4 amide bonds. The van der Waals surface area contributed by atoms with Gasteiger partial charge < -0.3 is 75.4 Å². The first kappa shape index (κ1) is 50.9. The Morgan fingerprint density at radius 1 is 0.885 bits per heavy atom. The fourth-order valence-corrected chi connectivity index (χ4v) is 9.05. The number of thioether (sulfide) groups is 1. The molecule has 3 aliphatic heterocycles. The number of carbonyl (C=O) groups is 3. The van der Waals surface area contributed by atoms with Crippen LogP contribution in [0.25, 0.3) is 0 Å². The standard InChI is InChI=1S/C33H57N7O18P2S/c34-30-21(18-40(33(45)39-30)31-28(43)29(58-60(49,50)51)23(57-31)19-56-59(46,47)48)4-3-8-35-26(42)7-10-52-12-14-54-16-17-55-15-13-53-11-9-36-25(41)6-2-1-5-24-27-22(20-61-24)37-32(44)38-27/h18,22-24,27-29,31,43H,1-17,19-20H2,(H,35,42)(H,36,41)(H2,34,39,45)(H2,37,38,44)(H2,46,47,48)(H2,49,50,51)/t22?,23-,24+,27+,28+,29+,31-/m1/s1. The molecule has 0 saturated carbocycles. The number of hydrogen-bond acceptors (Lipinski definition) is 17. The minimum absolute atomic E-state index is 0.00856. The number of fused-ring (bicyclic) bond motifs is 1. The highest BCUT2D eigenvalue weighted by molar-refractivity contribution is 8.00. The van der Waals surface area contributed by atoms with E-state index in [0.29, 0.717) is 69.8 Å². The van der Waals surface area contributed by atoms with Crippen molar-refractivity contribution in [3.63, 3.8) is 0 Å². The van der Waals surface area contributed by atoms with E-state index in [-0.39, 0.29) is 68.3 Å². The Hall–Kier alpha value is -2.78. The highest BCUT2D eigenvalue weighted by atomic mass is 32.2. The van der Waals surface area contributed by atoms with Gasteiger partial charge in [0.1, 0.15) is 24.1 Å². The smallest absolute Gasteiger partial charge is 0.386 e. The molecule has 0 aliphatic carbocycles. The number of aliphatic hydroxyl groups excluding tert-OH is 1. The molecule has 348 valence electrons. The Labute approximate surface area is 355 Å². The number of urea groups is 1. The summed E-state index contributed by atoms with van der Waals surface area (Å²) in [5.74, 6) is 0.493. The topological polar surface area (TPSA) is 360 Å². The average Bonchev–Trinajstić information content (AvgIpc) is 3.84. The summed E-state index contributed by atoms with van der Waals surface area (Å²) in [7, 11) is -10.3. The summed E-state index contributed by atoms with van der Waals surface area (Å²) in [4.78, 5) is 88.7. The molecule has 3 saturated heterocycles. The Morgan fingerprint density at radius 3 is 2.20 bits per heavy atom. The normalized spacial score (nSPS) is 23.8. The highest BCUT2D eigenvalue weighted by Crippen LogP contribution is 2.45. The number of anilines is 1. The SMILES string of the molecule is Nc1nc(=O)n([C@@H]2O[C@H](COP(=O)(O)O)[C@H](OP(=O)(O)O)[C@@H]2O)cc1CCCNC(=O)CCOCCOCCOCCOCCNC(=O)CCCC[C@@H]1SCC2NC(=O)N[C@@H]21. The van der Waals surface area contributed by atoms with Crippen LogP contribution in [0, 0.1) is 0 Å². The van der Waals surface area contributed by atoms with Crippen LogP contribution in [-0.2, 0) is 57.9 Å². The molecule has 25 nitrogen and oxygen atoms in total. The van der Waals surface area contributed by atoms with Crippen molar-refractivity contribution in [3.8, 4) is 0 Å². The fraction of sp³-hybridized carbons (Fsp3) is 0.788. The molecule has 0 radical (unpaired) electrons. The number of phosphoric ester groups is 2. The van der Waals surface area contributed by atoms with Crippen LogP contribution in [0.2, 0.25) is 0 Å². The third kappa shape index (κ3) is 18.5. The van der Waals surface area contributed by atoms with Gasteiger partial charge in [-0.15, -0.1) is 0 Å². The van der Waals surface area contributed by atoms with Gasteiger partial charge in [-0.1, -0.05) is 6.42 Å². The van der Waals surface area contributed by atoms with Gasteiger partial charge in [0.2, 0.25) is 11.8 Å². The third-order valence-electron chi connectivity index (χ3n) is 9.49. The number of nitrogen functional groups attached to an aromatic ring is 1. The number of aliphatic hydroxyl groups is 1. The van der Waals surface area contributed by atoms with E-state index < -0.39 is 52.5 Å². The molecule has 1 aromatic rings. The Bertz CT molecular complexity index is 1720. The number of nitrogens with one attached hydrogen (secondary N) is 4. The zero-order valence-electron chi connectivity index (χ0n) is 33.4. The molecule has 0 aromatic carbocycles. The van der Waals surface area contributed by atoms with Gasteiger partial charge in [0.05, 0.1) is 71.5 Å². The van der Waals surface area contributed by atoms with Gasteiger partial charge >= 0.3 is 27.4 Å². The molecule has 3 fully saturated rings. The minimum Gasteiger partial charge on any atom is -0.386 e. The van der Waals surface area contributed by atoms with Crippen molar-refractivity contribution >= 4 is 51.1 Å². The number of carbonyl (C=O) groups excluding carboxylic acids is 3. The predicted octanol–water partition coefficient (Wildman–Crippen LogP) is -1.98. The number of nitrogens with two attached hydrogens (primary N) is 1. The van der Waals surface area contributed by atoms with Crippen LogP contribution in [0.3, 0.4) is 0 Å². The summed E-state index contributed by atoms with van der Waals surface area (Å²) in [5, 5.41) is 22.6. The summed E-state index contributed by atoms with van der Waals surface area (Å²) in [6, 6.07) is 0.303. The summed E-state index contributed by atoms with van der Waals surface area (Å²) in [6.45, 7) is 2.25. The average molecular weight is 934 g/mol. The summed E-state index contributed by atoms with van der Waals surface area (Å²) >= 11 is 1.87. The maximum atomic E-state index is 12.6. The number of aromatic nitrogens is 2. The monoisotopic (exact) mass is 933 g/mol. The van der Waals surface area contributed by atoms with E-state index in [1.54, 1.807) is 0 Å². The van der Waals surface area contributed by atoms with Gasteiger partial charge in [-0.2, -0.15) is 16.7 Å². The zero-order valence-corrected chi connectivity index (χ0v) is 36.0. The predicted molar refractivity (Wildman–Crippen MR) is 214 cm³/mol. The van der Waals surface area contributed by atoms with Crippen LogP contribution in [0.4, 0.5) is 10.6 Å². The van der Waals surface area contributed by atoms with Crippen LogP contribution in [0.1, 0.15) is 50.3 Å². The molecular formula is C33H57N7O18P2S. The molecule has 0 spiro atoms. The number of amides is 4. The highest BCUT2D eigenvalue weighted by Gasteiger charge is 2.49. The number of ether oxygens (including phenoxy) is 5. The fourth-order valence-electron chi connectivity index (χ4n) is 6.59. The van der Waals surface area contributed by atoms with Crippen molar-refractivity contribution in [3.05, 3.63) is 22.2 Å². The van der Waals surface area contributed by atoms with Crippen LogP contribution < -0.4 is 32.7 Å². The van der Waals surface area contributed by atoms with E-state index in [1.807, 2.05) is 11.8 Å². The minimum atomic E-state index is -5.24. The van der Waals surface area contributed by atoms with E-state index in [9.17, 15) is 43.2 Å². The van der Waals surface area contributed by atoms with Crippen molar-refractivity contribution in [1.29, 1.82) is 0 Å². The second-order valence-corrected chi connectivity index (χ2v) is 17.8. The number of hydrogen-bond donors (Lipinski definition) is 10. The van der Waals surface area contributed by atoms with Crippen molar-refractivity contribution in [2.45, 2.75) is 86.8 Å². The van der Waals surface area contributed by atoms with E-state index >= 15 is 0 Å². The summed E-state index contributed by atoms with van der Waals surface area (Å²) in [6.07, 6.45) is -2.03. The first-order valence-electron chi connectivity index (χ1n) is 19.7. The largest absolute Gasteiger partial charge is 0.470 e.